The van der Waals surface area contributed by atoms with Crippen molar-refractivity contribution in [2.24, 2.45) is 0 Å². The summed E-state index contributed by atoms with van der Waals surface area (Å²) in [5, 5.41) is 13.5. The summed E-state index contributed by atoms with van der Waals surface area (Å²) in [5.41, 5.74) is -0.819. The lowest BCUT2D eigenvalue weighted by atomic mass is 9.70. The number of non-ortho nitro benzene ring substituents is 1. The Morgan fingerprint density at radius 3 is 1.70 bits per heavy atom. The zero-order valence-corrected chi connectivity index (χ0v) is 22.4. The maximum absolute atomic E-state index is 13.1. The predicted molar refractivity (Wildman–Crippen MR) is 144 cm³/mol. The van der Waals surface area contributed by atoms with Crippen LogP contribution in [0, 0.1) is 10.1 Å². The van der Waals surface area contributed by atoms with Crippen molar-refractivity contribution in [2.75, 3.05) is 6.54 Å². The van der Waals surface area contributed by atoms with Gasteiger partial charge in [0.2, 0.25) is 0 Å². The zero-order valence-electron chi connectivity index (χ0n) is 22.4. The van der Waals surface area contributed by atoms with E-state index in [1.54, 1.807) is 30.3 Å². The summed E-state index contributed by atoms with van der Waals surface area (Å²) in [6.07, 6.45) is -11.1. The SMILES string of the molecule is O=C(NCC(Cc1ccccc1)(c1cccc(OC(F)(F)F)c1)c1cccc(OC(F)(F)F)c1)Oc1ccc([N+](=O)[O-])cc1. The van der Waals surface area contributed by atoms with Crippen molar-refractivity contribution in [2.45, 2.75) is 24.6 Å². The first-order valence-corrected chi connectivity index (χ1v) is 12.7. The van der Waals surface area contributed by atoms with Crippen LogP contribution in [0.2, 0.25) is 0 Å². The van der Waals surface area contributed by atoms with Gasteiger partial charge < -0.3 is 19.5 Å². The Kier molecular flexibility index (Phi) is 9.31. The molecule has 0 radical (unpaired) electrons. The Hall–Kier alpha value is -5.27. The highest BCUT2D eigenvalue weighted by Crippen LogP contribution is 2.40. The van der Waals surface area contributed by atoms with Crippen LogP contribution >= 0.6 is 0 Å². The average molecular weight is 621 g/mol. The lowest BCUT2D eigenvalue weighted by Crippen LogP contribution is -2.44. The van der Waals surface area contributed by atoms with E-state index in [1.807, 2.05) is 0 Å². The number of carbonyl (C=O) groups is 1. The van der Waals surface area contributed by atoms with Crippen LogP contribution in [0.3, 0.4) is 0 Å². The number of hydrogen-bond donors (Lipinski definition) is 1. The molecule has 0 saturated heterocycles. The predicted octanol–water partition coefficient (Wildman–Crippen LogP) is 7.71. The van der Waals surface area contributed by atoms with Crippen molar-refractivity contribution >= 4 is 11.8 Å². The normalized spacial score (nSPS) is 11.9. The van der Waals surface area contributed by atoms with E-state index in [9.17, 15) is 41.3 Å². The molecular formula is C30H22F6N2O6. The first-order valence-electron chi connectivity index (χ1n) is 12.7. The first-order chi connectivity index (χ1) is 20.7. The number of nitrogens with one attached hydrogen (secondary N) is 1. The van der Waals surface area contributed by atoms with E-state index in [0.717, 1.165) is 36.4 Å². The fourth-order valence-electron chi connectivity index (χ4n) is 4.57. The molecule has 0 aromatic heterocycles. The largest absolute Gasteiger partial charge is 0.573 e. The second-order valence-electron chi connectivity index (χ2n) is 9.39. The summed E-state index contributed by atoms with van der Waals surface area (Å²) in [6.45, 7) is -0.390. The number of carbonyl (C=O) groups excluding carboxylic acids is 1. The van der Waals surface area contributed by atoms with Gasteiger partial charge in [-0.25, -0.2) is 4.79 Å². The number of halogens is 6. The molecule has 0 spiro atoms. The van der Waals surface area contributed by atoms with Crippen LogP contribution < -0.4 is 19.5 Å². The second kappa shape index (κ2) is 12.9. The van der Waals surface area contributed by atoms with E-state index < -0.39 is 47.2 Å². The summed E-state index contributed by atoms with van der Waals surface area (Å²) in [4.78, 5) is 23.2. The number of nitro groups is 1. The number of rotatable bonds is 10. The average Bonchev–Trinajstić information content (AvgIpc) is 2.94. The molecule has 8 nitrogen and oxygen atoms in total. The summed E-state index contributed by atoms with van der Waals surface area (Å²) < 4.78 is 92.2. The van der Waals surface area contributed by atoms with Crippen molar-refractivity contribution < 1.29 is 50.3 Å². The third-order valence-electron chi connectivity index (χ3n) is 6.38. The third-order valence-corrected chi connectivity index (χ3v) is 6.38. The molecular weight excluding hydrogens is 598 g/mol. The molecule has 4 rings (SSSR count). The van der Waals surface area contributed by atoms with Crippen LogP contribution in [0.25, 0.3) is 0 Å². The zero-order chi connectivity index (χ0) is 32.0. The molecule has 4 aromatic rings. The van der Waals surface area contributed by atoms with E-state index >= 15 is 0 Å². The molecule has 1 amide bonds. The van der Waals surface area contributed by atoms with Gasteiger partial charge in [-0.15, -0.1) is 26.3 Å². The molecule has 230 valence electrons. The van der Waals surface area contributed by atoms with Crippen molar-refractivity contribution in [3.63, 3.8) is 0 Å². The number of nitro benzene ring substituents is 1. The van der Waals surface area contributed by atoms with Gasteiger partial charge in [-0.3, -0.25) is 10.1 Å². The van der Waals surface area contributed by atoms with Gasteiger partial charge in [-0.2, -0.15) is 0 Å². The smallest absolute Gasteiger partial charge is 0.410 e. The number of hydrogen-bond acceptors (Lipinski definition) is 6. The van der Waals surface area contributed by atoms with Crippen molar-refractivity contribution in [1.29, 1.82) is 0 Å². The van der Waals surface area contributed by atoms with E-state index in [2.05, 4.69) is 14.8 Å². The van der Waals surface area contributed by atoms with Gasteiger partial charge >= 0.3 is 18.8 Å². The Balaban J connectivity index is 1.79. The number of ether oxygens (including phenoxy) is 3. The molecule has 0 saturated carbocycles. The van der Waals surface area contributed by atoms with Crippen molar-refractivity contribution in [3.8, 4) is 17.2 Å². The minimum Gasteiger partial charge on any atom is -0.410 e. The molecule has 0 heterocycles. The molecule has 0 atom stereocenters. The van der Waals surface area contributed by atoms with Crippen molar-refractivity contribution in [3.05, 3.63) is 130 Å². The maximum Gasteiger partial charge on any atom is 0.573 e. The molecule has 4 aromatic carbocycles. The second-order valence-corrected chi connectivity index (χ2v) is 9.39. The highest BCUT2D eigenvalue weighted by molar-refractivity contribution is 5.71. The van der Waals surface area contributed by atoms with Crippen LogP contribution in [0.4, 0.5) is 36.8 Å². The van der Waals surface area contributed by atoms with Gasteiger partial charge in [-0.1, -0.05) is 54.6 Å². The Labute approximate surface area is 245 Å². The van der Waals surface area contributed by atoms with E-state index in [-0.39, 0.29) is 29.0 Å². The highest BCUT2D eigenvalue weighted by Gasteiger charge is 2.38. The van der Waals surface area contributed by atoms with Gasteiger partial charge in [-0.05, 0) is 59.5 Å². The minimum atomic E-state index is -5.03. The maximum atomic E-state index is 13.1. The topological polar surface area (TPSA) is 99.9 Å². The Bertz CT molecular complexity index is 1530. The summed E-state index contributed by atoms with van der Waals surface area (Å²) >= 11 is 0. The Morgan fingerprint density at radius 1 is 0.705 bits per heavy atom. The van der Waals surface area contributed by atoms with Gasteiger partial charge in [0.05, 0.1) is 4.92 Å². The summed E-state index contributed by atoms with van der Waals surface area (Å²) in [7, 11) is 0. The van der Waals surface area contributed by atoms with Gasteiger partial charge in [0.1, 0.15) is 17.2 Å². The van der Waals surface area contributed by atoms with Crippen LogP contribution in [0.5, 0.6) is 17.2 Å². The van der Waals surface area contributed by atoms with Gasteiger partial charge in [0.15, 0.2) is 0 Å². The fraction of sp³-hybridized carbons (Fsp3) is 0.167. The first kappa shape index (κ1) is 31.7. The molecule has 0 aliphatic rings. The highest BCUT2D eigenvalue weighted by atomic mass is 19.4. The molecule has 0 bridgehead atoms. The molecule has 0 unspecified atom stereocenters. The summed E-state index contributed by atoms with van der Waals surface area (Å²) in [6, 6.07) is 22.9. The quantitative estimate of drug-likeness (QED) is 0.111. The fourth-order valence-corrected chi connectivity index (χ4v) is 4.57. The van der Waals surface area contributed by atoms with E-state index in [1.165, 1.54) is 36.4 Å². The standard InChI is InChI=1S/C30H22F6N2O6/c31-29(32,33)43-25-10-4-8-21(16-25)28(18-20-6-2-1-3-7-20,22-9-5-11-26(17-22)44-30(34,35)36)19-37-27(39)42-24-14-12-23(13-15-24)38(40)41/h1-17H,18-19H2,(H,37,39). The molecule has 0 aliphatic heterocycles. The number of alkyl halides is 6. The van der Waals surface area contributed by atoms with Gasteiger partial charge in [0, 0.05) is 24.1 Å². The lowest BCUT2D eigenvalue weighted by molar-refractivity contribution is -0.384. The molecule has 0 fully saturated rings. The summed E-state index contributed by atoms with van der Waals surface area (Å²) in [5.74, 6) is -1.24. The van der Waals surface area contributed by atoms with Crippen LogP contribution in [-0.2, 0) is 11.8 Å². The number of benzene rings is 4. The Morgan fingerprint density at radius 2 is 1.23 bits per heavy atom. The molecule has 1 N–H and O–H groups in total. The van der Waals surface area contributed by atoms with Crippen LogP contribution in [0.1, 0.15) is 16.7 Å². The van der Waals surface area contributed by atoms with Crippen LogP contribution in [-0.4, -0.2) is 30.3 Å². The number of nitrogens with zero attached hydrogens (tertiary/aromatic N) is 1. The third kappa shape index (κ3) is 8.63. The molecule has 14 heteroatoms. The lowest BCUT2D eigenvalue weighted by Gasteiger charge is -2.36. The van der Waals surface area contributed by atoms with E-state index in [0.29, 0.717) is 5.56 Å². The van der Waals surface area contributed by atoms with E-state index in [4.69, 9.17) is 4.74 Å². The number of amides is 1. The monoisotopic (exact) mass is 620 g/mol. The van der Waals surface area contributed by atoms with Gasteiger partial charge in [0.25, 0.3) is 5.69 Å². The molecule has 0 aliphatic carbocycles. The minimum absolute atomic E-state index is 0.0173. The molecule has 44 heavy (non-hydrogen) atoms. The van der Waals surface area contributed by atoms with Crippen LogP contribution in [0.15, 0.2) is 103 Å². The van der Waals surface area contributed by atoms with Crippen molar-refractivity contribution in [1.82, 2.24) is 5.32 Å².